The van der Waals surface area contributed by atoms with Crippen molar-refractivity contribution < 1.29 is 23.1 Å². The van der Waals surface area contributed by atoms with Gasteiger partial charge in [0.2, 0.25) is 15.9 Å². The minimum absolute atomic E-state index is 0.0971. The number of carbonyl (C=O) groups is 2. The first-order chi connectivity index (χ1) is 8.25. The second kappa shape index (κ2) is 5.63. The van der Waals surface area contributed by atoms with E-state index in [0.29, 0.717) is 6.54 Å². The lowest BCUT2D eigenvalue weighted by Gasteiger charge is -2.35. The zero-order valence-electron chi connectivity index (χ0n) is 10.3. The summed E-state index contributed by atoms with van der Waals surface area (Å²) in [6.45, 7) is 0.686. The number of sulfonamides is 1. The third kappa shape index (κ3) is 3.40. The van der Waals surface area contributed by atoms with Crippen molar-refractivity contribution in [2.45, 2.75) is 6.04 Å². The normalized spacial score (nSPS) is 21.6. The van der Waals surface area contributed by atoms with E-state index in [1.54, 1.807) is 0 Å². The number of aliphatic carboxylic acids is 1. The molecule has 1 aliphatic heterocycles. The molecule has 0 bridgehead atoms. The minimum atomic E-state index is -3.96. The van der Waals surface area contributed by atoms with Crippen LogP contribution < -0.4 is 5.32 Å². The Morgan fingerprint density at radius 3 is 2.56 bits per heavy atom. The van der Waals surface area contributed by atoms with Crippen LogP contribution in [0.4, 0.5) is 0 Å². The molecular weight excluding hydrogens is 262 g/mol. The van der Waals surface area contributed by atoms with Crippen LogP contribution >= 0.6 is 0 Å². The van der Waals surface area contributed by atoms with Gasteiger partial charge in [-0.25, -0.2) is 8.42 Å². The van der Waals surface area contributed by atoms with E-state index in [2.05, 4.69) is 5.32 Å². The van der Waals surface area contributed by atoms with E-state index >= 15 is 0 Å². The first-order valence-electron chi connectivity index (χ1n) is 5.39. The highest BCUT2D eigenvalue weighted by Gasteiger charge is 2.38. The number of hydrogen-bond donors (Lipinski definition) is 2. The highest BCUT2D eigenvalue weighted by Crippen LogP contribution is 2.12. The van der Waals surface area contributed by atoms with Crippen molar-refractivity contribution in [2.24, 2.45) is 0 Å². The highest BCUT2D eigenvalue weighted by molar-refractivity contribution is 7.89. The molecule has 1 atom stereocenters. The van der Waals surface area contributed by atoms with Crippen LogP contribution in [0, 0.1) is 0 Å². The molecule has 1 amide bonds. The molecule has 1 rings (SSSR count). The molecule has 1 aliphatic rings. The van der Waals surface area contributed by atoms with Gasteiger partial charge in [-0.2, -0.15) is 4.31 Å². The largest absolute Gasteiger partial charge is 0.480 e. The van der Waals surface area contributed by atoms with Crippen molar-refractivity contribution in [3.05, 3.63) is 0 Å². The molecule has 18 heavy (non-hydrogen) atoms. The van der Waals surface area contributed by atoms with Crippen molar-refractivity contribution in [3.8, 4) is 0 Å². The Balaban J connectivity index is 2.96. The van der Waals surface area contributed by atoms with Crippen molar-refractivity contribution in [1.82, 2.24) is 14.5 Å². The number of carbonyl (C=O) groups excluding carboxylic acids is 1. The van der Waals surface area contributed by atoms with Gasteiger partial charge in [0.25, 0.3) is 0 Å². The summed E-state index contributed by atoms with van der Waals surface area (Å²) in [5.74, 6) is -2.79. The van der Waals surface area contributed by atoms with E-state index in [9.17, 15) is 18.0 Å². The lowest BCUT2D eigenvalue weighted by molar-refractivity contribution is -0.135. The van der Waals surface area contributed by atoms with Gasteiger partial charge >= 0.3 is 5.97 Å². The number of piperazine rings is 1. The fourth-order valence-electron chi connectivity index (χ4n) is 1.77. The van der Waals surface area contributed by atoms with E-state index in [1.807, 2.05) is 0 Å². The second-order valence-electron chi connectivity index (χ2n) is 4.21. The third-order valence-corrected chi connectivity index (χ3v) is 4.35. The average molecular weight is 279 g/mol. The number of amides is 1. The van der Waals surface area contributed by atoms with Gasteiger partial charge in [-0.3, -0.25) is 9.59 Å². The zero-order valence-corrected chi connectivity index (χ0v) is 11.1. The third-order valence-electron chi connectivity index (χ3n) is 2.58. The molecule has 0 aromatic carbocycles. The summed E-state index contributed by atoms with van der Waals surface area (Å²) < 4.78 is 24.7. The molecule has 0 saturated carbocycles. The molecule has 8 nitrogen and oxygen atoms in total. The molecule has 0 radical (unpaired) electrons. The Bertz CT molecular complexity index is 433. The van der Waals surface area contributed by atoms with Gasteiger partial charge in [-0.1, -0.05) is 0 Å². The molecule has 0 aliphatic carbocycles. The summed E-state index contributed by atoms with van der Waals surface area (Å²) in [5.41, 5.74) is 0. The van der Waals surface area contributed by atoms with Gasteiger partial charge < -0.3 is 15.3 Å². The van der Waals surface area contributed by atoms with Crippen LogP contribution in [0.2, 0.25) is 0 Å². The molecule has 1 fully saturated rings. The number of carboxylic acid groups (broad SMARTS) is 1. The number of hydrogen-bond acceptors (Lipinski definition) is 5. The zero-order chi connectivity index (χ0) is 13.9. The quantitative estimate of drug-likeness (QED) is 0.603. The summed E-state index contributed by atoms with van der Waals surface area (Å²) in [6, 6.07) is -0.877. The molecule has 1 heterocycles. The molecule has 1 unspecified atom stereocenters. The molecule has 2 N–H and O–H groups in total. The predicted molar refractivity (Wildman–Crippen MR) is 63.5 cm³/mol. The van der Waals surface area contributed by atoms with Crippen LogP contribution in [-0.2, 0) is 19.6 Å². The van der Waals surface area contributed by atoms with Crippen LogP contribution in [0.5, 0.6) is 0 Å². The average Bonchev–Trinajstić information content (AvgIpc) is 2.26. The molecule has 1 saturated heterocycles. The Hall–Kier alpha value is -1.19. The highest BCUT2D eigenvalue weighted by atomic mass is 32.2. The SMILES string of the molecule is CN(C)C(=O)C1CNCCN1S(=O)(=O)CC(=O)O. The van der Waals surface area contributed by atoms with Crippen LogP contribution in [0.3, 0.4) is 0 Å². The predicted octanol–water partition coefficient (Wildman–Crippen LogP) is -2.24. The first-order valence-corrected chi connectivity index (χ1v) is 7.00. The Kier molecular flexibility index (Phi) is 4.65. The monoisotopic (exact) mass is 279 g/mol. The molecule has 104 valence electrons. The fourth-order valence-corrected chi connectivity index (χ4v) is 3.17. The number of likely N-dealkylation sites (N-methyl/N-ethyl adjacent to an activating group) is 1. The summed E-state index contributed by atoms with van der Waals surface area (Å²) in [4.78, 5) is 23.7. The molecule has 9 heteroatoms. The minimum Gasteiger partial charge on any atom is -0.480 e. The smallest absolute Gasteiger partial charge is 0.320 e. The summed E-state index contributed by atoms with van der Waals surface area (Å²) in [7, 11) is -0.911. The number of rotatable bonds is 4. The van der Waals surface area contributed by atoms with E-state index in [4.69, 9.17) is 5.11 Å². The Morgan fingerprint density at radius 1 is 1.44 bits per heavy atom. The number of nitrogens with zero attached hydrogens (tertiary/aromatic N) is 2. The summed E-state index contributed by atoms with van der Waals surface area (Å²) in [6.07, 6.45) is 0. The van der Waals surface area contributed by atoms with Gasteiger partial charge in [-0.05, 0) is 0 Å². The van der Waals surface area contributed by atoms with Crippen LogP contribution in [0.25, 0.3) is 0 Å². The van der Waals surface area contributed by atoms with E-state index in [1.165, 1.54) is 19.0 Å². The topological polar surface area (TPSA) is 107 Å². The first kappa shape index (κ1) is 14.9. The van der Waals surface area contributed by atoms with Crippen molar-refractivity contribution in [3.63, 3.8) is 0 Å². The van der Waals surface area contributed by atoms with E-state index in [0.717, 1.165) is 4.31 Å². The van der Waals surface area contributed by atoms with Crippen LogP contribution in [-0.4, -0.2) is 80.1 Å². The van der Waals surface area contributed by atoms with Crippen molar-refractivity contribution in [1.29, 1.82) is 0 Å². The molecule has 0 spiro atoms. The van der Waals surface area contributed by atoms with Crippen LogP contribution in [0.1, 0.15) is 0 Å². The van der Waals surface area contributed by atoms with Gasteiger partial charge in [0.15, 0.2) is 5.75 Å². The Labute approximate surface area is 106 Å². The maximum Gasteiger partial charge on any atom is 0.320 e. The lowest BCUT2D eigenvalue weighted by Crippen LogP contribution is -2.59. The maximum absolute atomic E-state index is 11.9. The standard InChI is InChI=1S/C9H17N3O5S/c1-11(2)9(15)7-5-10-3-4-12(7)18(16,17)6-8(13)14/h7,10H,3-6H2,1-2H3,(H,13,14). The van der Waals surface area contributed by atoms with Gasteiger partial charge in [0.05, 0.1) is 0 Å². The van der Waals surface area contributed by atoms with E-state index in [-0.39, 0.29) is 19.0 Å². The molecule has 0 aromatic rings. The van der Waals surface area contributed by atoms with Crippen LogP contribution in [0.15, 0.2) is 0 Å². The number of carboxylic acids is 1. The van der Waals surface area contributed by atoms with Crippen molar-refractivity contribution in [2.75, 3.05) is 39.5 Å². The fraction of sp³-hybridized carbons (Fsp3) is 0.778. The van der Waals surface area contributed by atoms with Gasteiger partial charge in [-0.15, -0.1) is 0 Å². The maximum atomic E-state index is 11.9. The second-order valence-corrected chi connectivity index (χ2v) is 6.13. The summed E-state index contributed by atoms with van der Waals surface area (Å²) in [5, 5.41) is 11.5. The van der Waals surface area contributed by atoms with Gasteiger partial charge in [0, 0.05) is 33.7 Å². The van der Waals surface area contributed by atoms with Gasteiger partial charge in [0.1, 0.15) is 6.04 Å². The van der Waals surface area contributed by atoms with Crippen molar-refractivity contribution >= 4 is 21.9 Å². The number of nitrogens with one attached hydrogen (secondary N) is 1. The van der Waals surface area contributed by atoms with E-state index < -0.39 is 27.8 Å². The summed E-state index contributed by atoms with van der Waals surface area (Å²) >= 11 is 0. The Morgan fingerprint density at radius 2 is 2.06 bits per heavy atom. The lowest BCUT2D eigenvalue weighted by atomic mass is 10.2. The molecular formula is C9H17N3O5S. The molecule has 0 aromatic heterocycles.